The minimum absolute atomic E-state index is 0.705. The van der Waals surface area contributed by atoms with Gasteiger partial charge in [-0.15, -0.1) is 33.2 Å². The minimum Gasteiger partial charge on any atom is -0.126 e. The van der Waals surface area contributed by atoms with Gasteiger partial charge >= 0.3 is 6.00 Å². The van der Waals surface area contributed by atoms with Gasteiger partial charge in [0, 0.05) is 0 Å². The quantitative estimate of drug-likeness (QED) is 0.425. The molecule has 0 saturated carbocycles. The van der Waals surface area contributed by atoms with Gasteiger partial charge in [0.1, 0.15) is 0 Å². The fourth-order valence-electron chi connectivity index (χ4n) is 1.43. The van der Waals surface area contributed by atoms with E-state index in [0.29, 0.717) is 5.92 Å². The molecule has 0 fully saturated rings. The zero-order valence-corrected chi connectivity index (χ0v) is 12.6. The van der Waals surface area contributed by atoms with Crippen molar-refractivity contribution in [3.8, 4) is 0 Å². The first-order valence-corrected chi connectivity index (χ1v) is 10.6. The highest BCUT2D eigenvalue weighted by Gasteiger charge is 2.24. The molecule has 0 aromatic heterocycles. The highest BCUT2D eigenvalue weighted by molar-refractivity contribution is 7.64. The summed E-state index contributed by atoms with van der Waals surface area (Å²) in [6.07, 6.45) is 4.96. The van der Waals surface area contributed by atoms with Crippen LogP contribution in [-0.2, 0) is 0 Å². The second-order valence-electron chi connectivity index (χ2n) is 4.58. The molecule has 14 heavy (non-hydrogen) atoms. The molecule has 0 rings (SSSR count). The molecular weight excluding hydrogens is 255 g/mol. The summed E-state index contributed by atoms with van der Waals surface area (Å²) in [5.41, 5.74) is 0. The Kier molecular flexibility index (Phi) is 7.95. The van der Waals surface area contributed by atoms with Crippen LogP contribution < -0.4 is 0 Å². The second-order valence-corrected chi connectivity index (χ2v) is 13.9. The van der Waals surface area contributed by atoms with Gasteiger partial charge in [-0.25, -0.2) is 0 Å². The van der Waals surface area contributed by atoms with Crippen molar-refractivity contribution in [3.05, 3.63) is 0 Å². The Morgan fingerprint density at radius 3 is 1.93 bits per heavy atom. The Hall–Kier alpha value is 1.09. The van der Waals surface area contributed by atoms with Crippen LogP contribution in [0.3, 0.4) is 0 Å². The topological polar surface area (TPSA) is 0 Å². The predicted molar refractivity (Wildman–Crippen MR) is 70.6 cm³/mol. The molecule has 0 aromatic rings. The Morgan fingerprint density at radius 2 is 1.50 bits per heavy atom. The fourth-order valence-corrected chi connectivity index (χ4v) is 3.23. The van der Waals surface area contributed by atoms with Crippen molar-refractivity contribution in [2.45, 2.75) is 52.5 Å². The van der Waals surface area contributed by atoms with Crippen molar-refractivity contribution < 1.29 is 0 Å². The van der Waals surface area contributed by atoms with Crippen LogP contribution in [0, 0.1) is 11.8 Å². The average molecular weight is 276 g/mol. The Bertz CT molecular complexity index is 143. The largest absolute Gasteiger partial charge is 0.341 e. The maximum Gasteiger partial charge on any atom is 0.341 e. The average Bonchev–Trinajstić information content (AvgIpc) is 1.99. The predicted octanol–water partition coefficient (Wildman–Crippen LogP) is 5.49. The van der Waals surface area contributed by atoms with Gasteiger partial charge < -0.3 is 0 Å². The van der Waals surface area contributed by atoms with Crippen molar-refractivity contribution in [2.75, 3.05) is 0 Å². The molecule has 0 saturated heterocycles. The molecule has 0 unspecified atom stereocenters. The molecule has 0 amide bonds. The second kappa shape index (κ2) is 7.37. The molecule has 0 radical (unpaired) electrons. The zero-order valence-electron chi connectivity index (χ0n) is 9.32. The summed E-state index contributed by atoms with van der Waals surface area (Å²) in [6.45, 7) is 6.78. The first-order chi connectivity index (χ1) is 6.31. The molecule has 0 aliphatic carbocycles. The van der Waals surface area contributed by atoms with Crippen molar-refractivity contribution in [3.63, 3.8) is 0 Å². The summed E-state index contributed by atoms with van der Waals surface area (Å²) in [4.78, 5) is 0. The van der Waals surface area contributed by atoms with Gasteiger partial charge in [0.05, 0.1) is 0 Å². The molecule has 0 N–H and O–H groups in total. The van der Waals surface area contributed by atoms with E-state index in [9.17, 15) is 0 Å². The third kappa shape index (κ3) is 11.2. The summed E-state index contributed by atoms with van der Waals surface area (Å²) in [5.74, 6) is 1.52. The van der Waals surface area contributed by atoms with Crippen LogP contribution in [0.2, 0.25) is 6.04 Å². The molecule has 1 atom stereocenters. The lowest BCUT2D eigenvalue weighted by molar-refractivity contribution is 0.448. The first kappa shape index (κ1) is 15.1. The van der Waals surface area contributed by atoms with Crippen molar-refractivity contribution in [1.29, 1.82) is 0 Å². The van der Waals surface area contributed by atoms with E-state index in [-0.39, 0.29) is 0 Å². The summed E-state index contributed by atoms with van der Waals surface area (Å²) >= 11 is 17.5. The third-order valence-electron chi connectivity index (χ3n) is 2.40. The Morgan fingerprint density at radius 1 is 0.929 bits per heavy atom. The van der Waals surface area contributed by atoms with Crippen LogP contribution in [0.5, 0.6) is 0 Å². The number of hydrogen-bond acceptors (Lipinski definition) is 0. The lowest BCUT2D eigenvalue weighted by Crippen LogP contribution is -2.10. The number of rotatable bonds is 7. The maximum atomic E-state index is 5.83. The van der Waals surface area contributed by atoms with Crippen LogP contribution in [0.4, 0.5) is 0 Å². The fraction of sp³-hybridized carbons (Fsp3) is 1.00. The van der Waals surface area contributed by atoms with E-state index in [1.54, 1.807) is 0 Å². The van der Waals surface area contributed by atoms with Gasteiger partial charge in [-0.2, -0.15) is 0 Å². The van der Waals surface area contributed by atoms with Crippen molar-refractivity contribution >= 4 is 39.2 Å². The minimum atomic E-state index is -2.36. The normalized spacial score (nSPS) is 14.8. The van der Waals surface area contributed by atoms with E-state index in [4.69, 9.17) is 33.2 Å². The third-order valence-corrected chi connectivity index (χ3v) is 4.96. The van der Waals surface area contributed by atoms with Gasteiger partial charge in [-0.1, -0.05) is 40.0 Å². The summed E-state index contributed by atoms with van der Waals surface area (Å²) in [6, 6.07) is -1.56. The molecule has 4 heteroatoms. The van der Waals surface area contributed by atoms with Crippen molar-refractivity contribution in [2.24, 2.45) is 11.8 Å². The highest BCUT2D eigenvalue weighted by Crippen LogP contribution is 2.29. The van der Waals surface area contributed by atoms with E-state index in [0.717, 1.165) is 18.4 Å². The molecule has 0 heterocycles. The smallest absolute Gasteiger partial charge is 0.126 e. The molecule has 0 spiro atoms. The number of halogens is 3. The van der Waals surface area contributed by atoms with Crippen molar-refractivity contribution in [1.82, 2.24) is 0 Å². The maximum absolute atomic E-state index is 5.83. The molecule has 0 nitrogen and oxygen atoms in total. The van der Waals surface area contributed by atoms with E-state index in [2.05, 4.69) is 20.8 Å². The zero-order chi connectivity index (χ0) is 11.2. The lowest BCUT2D eigenvalue weighted by Gasteiger charge is -2.14. The monoisotopic (exact) mass is 274 g/mol. The van der Waals surface area contributed by atoms with Gasteiger partial charge in [0.15, 0.2) is 0 Å². The van der Waals surface area contributed by atoms with E-state index in [1.807, 2.05) is 0 Å². The van der Waals surface area contributed by atoms with Crippen LogP contribution >= 0.6 is 33.2 Å². The number of hydrogen-bond donors (Lipinski definition) is 0. The molecule has 0 aliphatic rings. The van der Waals surface area contributed by atoms with Gasteiger partial charge in [0.2, 0.25) is 0 Å². The summed E-state index contributed by atoms with van der Waals surface area (Å²) < 4.78 is 0. The van der Waals surface area contributed by atoms with Gasteiger partial charge in [-0.3, -0.25) is 0 Å². The molecular formula is C10H21Cl3Si. The Balaban J connectivity index is 3.42. The van der Waals surface area contributed by atoms with Crippen LogP contribution in [0.15, 0.2) is 0 Å². The molecule has 0 bridgehead atoms. The molecule has 0 aromatic carbocycles. The van der Waals surface area contributed by atoms with E-state index < -0.39 is 6.00 Å². The van der Waals surface area contributed by atoms with Gasteiger partial charge in [0.25, 0.3) is 0 Å². The van der Waals surface area contributed by atoms with Gasteiger partial charge in [-0.05, 0) is 24.3 Å². The lowest BCUT2D eigenvalue weighted by atomic mass is 9.98. The van der Waals surface area contributed by atoms with E-state index in [1.165, 1.54) is 19.3 Å². The molecule has 86 valence electrons. The highest BCUT2D eigenvalue weighted by atomic mass is 35.8. The first-order valence-electron chi connectivity index (χ1n) is 5.38. The standard InChI is InChI=1S/C10H21Cl3Si/c1-9(2)5-4-6-10(3)7-8-14(11,12)13/h9-10H,4-8H2,1-3H3/t10-/m0/s1. The van der Waals surface area contributed by atoms with Crippen LogP contribution in [0.25, 0.3) is 0 Å². The van der Waals surface area contributed by atoms with E-state index >= 15 is 0 Å². The summed E-state index contributed by atoms with van der Waals surface area (Å²) in [7, 11) is 0. The Labute approximate surface area is 103 Å². The molecule has 0 aliphatic heterocycles. The van der Waals surface area contributed by atoms with Crippen LogP contribution in [0.1, 0.15) is 46.5 Å². The SMILES string of the molecule is CC(C)CCC[C@H](C)CC[Si](Cl)(Cl)Cl. The summed E-state index contributed by atoms with van der Waals surface area (Å²) in [5, 5.41) is 0. The van der Waals surface area contributed by atoms with Crippen LogP contribution in [-0.4, -0.2) is 6.00 Å².